The third kappa shape index (κ3) is 3.70. The average Bonchev–Trinajstić information content (AvgIpc) is 3.07. The SMILES string of the molecule is O=C(O)CCCC12CCC(OCc3c(Cl)ccc(Cl)c3Cl)(CC1)C2. The van der Waals surface area contributed by atoms with Crippen LogP contribution in [-0.4, -0.2) is 16.7 Å². The number of hydrogen-bond acceptors (Lipinski definition) is 2. The average molecular weight is 392 g/mol. The van der Waals surface area contributed by atoms with Crippen LogP contribution in [0.15, 0.2) is 12.1 Å². The minimum absolute atomic E-state index is 0.113. The van der Waals surface area contributed by atoms with E-state index in [-0.39, 0.29) is 17.4 Å². The van der Waals surface area contributed by atoms with Gasteiger partial charge in [-0.15, -0.1) is 0 Å². The van der Waals surface area contributed by atoms with Gasteiger partial charge in [0.1, 0.15) is 0 Å². The van der Waals surface area contributed by atoms with Crippen molar-refractivity contribution in [1.29, 1.82) is 0 Å². The number of carboxylic acid groups (broad SMARTS) is 1. The smallest absolute Gasteiger partial charge is 0.303 e. The Hall–Kier alpha value is -0.480. The number of ether oxygens (including phenoxy) is 1. The molecule has 0 heterocycles. The van der Waals surface area contributed by atoms with Crippen molar-refractivity contribution >= 4 is 40.8 Å². The molecule has 2 aliphatic rings. The summed E-state index contributed by atoms with van der Waals surface area (Å²) in [6.07, 6.45) is 7.26. The third-order valence-electron chi connectivity index (χ3n) is 5.68. The molecule has 0 unspecified atom stereocenters. The molecule has 2 bridgehead atoms. The van der Waals surface area contributed by atoms with Crippen LogP contribution in [-0.2, 0) is 16.1 Å². The Morgan fingerprint density at radius 3 is 2.46 bits per heavy atom. The van der Waals surface area contributed by atoms with Gasteiger partial charge in [-0.2, -0.15) is 0 Å². The lowest BCUT2D eigenvalue weighted by Gasteiger charge is -2.28. The molecular formula is C18H21Cl3O3. The van der Waals surface area contributed by atoms with Crippen LogP contribution in [0.4, 0.5) is 0 Å². The third-order valence-corrected chi connectivity index (χ3v) is 6.88. The van der Waals surface area contributed by atoms with Gasteiger partial charge < -0.3 is 9.84 Å². The van der Waals surface area contributed by atoms with Gasteiger partial charge >= 0.3 is 5.97 Å². The maximum atomic E-state index is 10.7. The van der Waals surface area contributed by atoms with Crippen LogP contribution in [0.25, 0.3) is 0 Å². The second kappa shape index (κ2) is 7.03. The number of carbonyl (C=O) groups is 1. The molecule has 24 heavy (non-hydrogen) atoms. The molecule has 0 atom stereocenters. The highest BCUT2D eigenvalue weighted by Gasteiger charge is 2.54. The topological polar surface area (TPSA) is 46.5 Å². The van der Waals surface area contributed by atoms with E-state index in [2.05, 4.69) is 0 Å². The fraction of sp³-hybridized carbons (Fsp3) is 0.611. The lowest BCUT2D eigenvalue weighted by molar-refractivity contribution is -0.137. The summed E-state index contributed by atoms with van der Waals surface area (Å²) in [6, 6.07) is 3.43. The Bertz CT molecular complexity index is 637. The Morgan fingerprint density at radius 2 is 1.79 bits per heavy atom. The van der Waals surface area contributed by atoms with E-state index in [1.165, 1.54) is 0 Å². The van der Waals surface area contributed by atoms with Crippen molar-refractivity contribution in [2.45, 2.75) is 63.6 Å². The zero-order valence-corrected chi connectivity index (χ0v) is 15.7. The maximum Gasteiger partial charge on any atom is 0.303 e. The summed E-state index contributed by atoms with van der Waals surface area (Å²) in [4.78, 5) is 10.7. The molecule has 0 radical (unpaired) electrons. The van der Waals surface area contributed by atoms with E-state index in [0.29, 0.717) is 21.7 Å². The van der Waals surface area contributed by atoms with Crippen LogP contribution < -0.4 is 0 Å². The van der Waals surface area contributed by atoms with Crippen molar-refractivity contribution < 1.29 is 14.6 Å². The number of rotatable bonds is 7. The second-order valence-corrected chi connectivity index (χ2v) is 8.41. The summed E-state index contributed by atoms with van der Waals surface area (Å²) in [5, 5.41) is 10.3. The predicted molar refractivity (Wildman–Crippen MR) is 96.0 cm³/mol. The molecular weight excluding hydrogens is 371 g/mol. The van der Waals surface area contributed by atoms with Crippen LogP contribution in [0.1, 0.15) is 56.9 Å². The lowest BCUT2D eigenvalue weighted by Crippen LogP contribution is -2.26. The first-order valence-corrected chi connectivity index (χ1v) is 9.46. The van der Waals surface area contributed by atoms with Crippen LogP contribution >= 0.6 is 34.8 Å². The van der Waals surface area contributed by atoms with E-state index >= 15 is 0 Å². The maximum absolute atomic E-state index is 10.7. The Kier molecular flexibility index (Phi) is 5.36. The monoisotopic (exact) mass is 390 g/mol. The zero-order valence-electron chi connectivity index (χ0n) is 13.4. The second-order valence-electron chi connectivity index (χ2n) is 7.22. The summed E-state index contributed by atoms with van der Waals surface area (Å²) in [5.41, 5.74) is 0.894. The van der Waals surface area contributed by atoms with Gasteiger partial charge in [-0.05, 0) is 62.5 Å². The highest BCUT2D eigenvalue weighted by atomic mass is 35.5. The zero-order chi connectivity index (χ0) is 17.4. The predicted octanol–water partition coefficient (Wildman–Crippen LogP) is 6.12. The number of fused-ring (bicyclic) bond motifs is 2. The highest BCUT2D eigenvalue weighted by molar-refractivity contribution is 6.44. The first kappa shape index (κ1) is 18.3. The first-order chi connectivity index (χ1) is 11.3. The summed E-state index contributed by atoms with van der Waals surface area (Å²) in [5.74, 6) is -0.713. The summed E-state index contributed by atoms with van der Waals surface area (Å²) < 4.78 is 6.29. The largest absolute Gasteiger partial charge is 0.481 e. The van der Waals surface area contributed by atoms with Crippen LogP contribution in [0.5, 0.6) is 0 Å². The summed E-state index contributed by atoms with van der Waals surface area (Å²) >= 11 is 18.6. The van der Waals surface area contributed by atoms with Gasteiger partial charge in [0, 0.05) is 17.0 Å². The van der Waals surface area contributed by atoms with Gasteiger partial charge in [-0.25, -0.2) is 0 Å². The van der Waals surface area contributed by atoms with E-state index in [1.54, 1.807) is 12.1 Å². The lowest BCUT2D eigenvalue weighted by atomic mass is 9.80. The number of benzene rings is 1. The van der Waals surface area contributed by atoms with Gasteiger partial charge in [0.15, 0.2) is 0 Å². The molecule has 2 saturated carbocycles. The van der Waals surface area contributed by atoms with Gasteiger partial charge in [0.25, 0.3) is 0 Å². The minimum atomic E-state index is -0.713. The molecule has 6 heteroatoms. The molecule has 0 spiro atoms. The van der Waals surface area contributed by atoms with Gasteiger partial charge in [0.2, 0.25) is 0 Å². The standard InChI is InChI=1S/C18H21Cl3O3/c19-13-3-4-14(20)16(21)12(13)10-24-18-8-6-17(11-18,7-9-18)5-1-2-15(22)23/h3-4H,1-2,5-11H2,(H,22,23). The van der Waals surface area contributed by atoms with Gasteiger partial charge in [-0.3, -0.25) is 4.79 Å². The molecule has 0 aromatic heterocycles. The van der Waals surface area contributed by atoms with Crippen molar-refractivity contribution in [3.63, 3.8) is 0 Å². The van der Waals surface area contributed by atoms with Crippen LogP contribution in [0.2, 0.25) is 15.1 Å². The van der Waals surface area contributed by atoms with Crippen molar-refractivity contribution in [2.75, 3.05) is 0 Å². The normalized spacial score (nSPS) is 28.5. The molecule has 2 fully saturated rings. The Labute approximate surface area is 157 Å². The molecule has 1 N–H and O–H groups in total. The fourth-order valence-corrected chi connectivity index (χ4v) is 5.00. The van der Waals surface area contributed by atoms with E-state index in [9.17, 15) is 4.79 Å². The fourth-order valence-electron chi connectivity index (χ4n) is 4.35. The molecule has 0 aliphatic heterocycles. The van der Waals surface area contributed by atoms with Crippen molar-refractivity contribution in [1.82, 2.24) is 0 Å². The molecule has 3 nitrogen and oxygen atoms in total. The summed E-state index contributed by atoms with van der Waals surface area (Å²) in [6.45, 7) is 0.365. The molecule has 0 saturated heterocycles. The van der Waals surface area contributed by atoms with Crippen molar-refractivity contribution in [3.05, 3.63) is 32.8 Å². The van der Waals surface area contributed by atoms with Crippen molar-refractivity contribution in [3.8, 4) is 0 Å². The summed E-state index contributed by atoms with van der Waals surface area (Å²) in [7, 11) is 0. The number of halogens is 3. The van der Waals surface area contributed by atoms with Gasteiger partial charge in [0.05, 0.1) is 22.3 Å². The molecule has 1 aromatic carbocycles. The van der Waals surface area contributed by atoms with E-state index in [4.69, 9.17) is 44.6 Å². The molecule has 1 aromatic rings. The number of carboxylic acids is 1. The molecule has 132 valence electrons. The van der Waals surface area contributed by atoms with Crippen molar-refractivity contribution in [2.24, 2.45) is 5.41 Å². The quantitative estimate of drug-likeness (QED) is 0.569. The van der Waals surface area contributed by atoms with E-state index in [0.717, 1.165) is 50.5 Å². The molecule has 3 rings (SSSR count). The van der Waals surface area contributed by atoms with E-state index < -0.39 is 5.97 Å². The van der Waals surface area contributed by atoms with Crippen LogP contribution in [0, 0.1) is 5.41 Å². The number of hydrogen-bond donors (Lipinski definition) is 1. The Morgan fingerprint density at radius 1 is 1.12 bits per heavy atom. The van der Waals surface area contributed by atoms with E-state index in [1.807, 2.05) is 0 Å². The molecule has 0 amide bonds. The Balaban J connectivity index is 1.62. The molecule has 2 aliphatic carbocycles. The van der Waals surface area contributed by atoms with Gasteiger partial charge in [-0.1, -0.05) is 34.8 Å². The van der Waals surface area contributed by atoms with Crippen LogP contribution in [0.3, 0.4) is 0 Å². The highest BCUT2D eigenvalue weighted by Crippen LogP contribution is 2.60. The minimum Gasteiger partial charge on any atom is -0.481 e. The number of aliphatic carboxylic acids is 1. The first-order valence-electron chi connectivity index (χ1n) is 8.33.